The molecule has 1 unspecified atom stereocenters. The molecule has 7 heteroatoms. The number of aromatic hydroxyl groups is 3. The number of carbonyl (C=O) groups excluding carboxylic acids is 2. The molecule has 0 fully saturated rings. The van der Waals surface area contributed by atoms with Crippen LogP contribution in [0.15, 0.2) is 78.9 Å². The summed E-state index contributed by atoms with van der Waals surface area (Å²) in [4.78, 5) is 27.1. The van der Waals surface area contributed by atoms with Gasteiger partial charge >= 0.3 is 0 Å². The Kier molecular flexibility index (Phi) is 6.57. The third kappa shape index (κ3) is 5.42. The van der Waals surface area contributed by atoms with Crippen molar-refractivity contribution >= 4 is 23.6 Å². The summed E-state index contributed by atoms with van der Waals surface area (Å²) < 4.78 is 0. The van der Waals surface area contributed by atoms with Gasteiger partial charge in [0.2, 0.25) is 5.91 Å². The van der Waals surface area contributed by atoms with Gasteiger partial charge in [0.15, 0.2) is 11.5 Å². The van der Waals surface area contributed by atoms with Crippen molar-refractivity contribution in [2.45, 2.75) is 6.04 Å². The van der Waals surface area contributed by atoms with Crippen LogP contribution >= 0.6 is 0 Å². The number of hydrogen-bond acceptors (Lipinski definition) is 5. The number of para-hydroxylation sites is 1. The van der Waals surface area contributed by atoms with Gasteiger partial charge in [0.05, 0.1) is 0 Å². The molecule has 0 aliphatic rings. The highest BCUT2D eigenvalue weighted by Crippen LogP contribution is 2.26. The molecule has 3 rings (SSSR count). The molecule has 1 atom stereocenters. The summed E-state index contributed by atoms with van der Waals surface area (Å²) in [5, 5.41) is 31.4. The van der Waals surface area contributed by atoms with Gasteiger partial charge in [0, 0.05) is 18.8 Å². The molecule has 31 heavy (non-hydrogen) atoms. The highest BCUT2D eigenvalue weighted by Gasteiger charge is 2.28. The van der Waals surface area contributed by atoms with Crippen LogP contribution in [0.4, 0.5) is 5.69 Å². The molecule has 0 aliphatic carbocycles. The lowest BCUT2D eigenvalue weighted by molar-refractivity contribution is -0.133. The number of nitrogens with zero attached hydrogens (tertiary/aromatic N) is 1. The first kappa shape index (κ1) is 21.4. The van der Waals surface area contributed by atoms with Crippen LogP contribution in [0.2, 0.25) is 0 Å². The van der Waals surface area contributed by atoms with Gasteiger partial charge in [-0.1, -0.05) is 36.4 Å². The quantitative estimate of drug-likeness (QED) is 0.361. The largest absolute Gasteiger partial charge is 0.508 e. The van der Waals surface area contributed by atoms with E-state index in [1.165, 1.54) is 48.4 Å². The van der Waals surface area contributed by atoms with Crippen LogP contribution in [0.25, 0.3) is 6.08 Å². The zero-order valence-electron chi connectivity index (χ0n) is 16.8. The van der Waals surface area contributed by atoms with Crippen LogP contribution in [-0.2, 0) is 9.59 Å². The van der Waals surface area contributed by atoms with Gasteiger partial charge in [-0.05, 0) is 53.6 Å². The molecule has 0 heterocycles. The molecule has 0 saturated heterocycles. The molecule has 0 radical (unpaired) electrons. The van der Waals surface area contributed by atoms with E-state index in [-0.39, 0.29) is 17.2 Å². The van der Waals surface area contributed by atoms with Crippen molar-refractivity contribution in [3.05, 3.63) is 90.0 Å². The summed E-state index contributed by atoms with van der Waals surface area (Å²) in [6.07, 6.45) is 2.75. The van der Waals surface area contributed by atoms with Crippen LogP contribution in [0, 0.1) is 0 Å². The molecule has 158 valence electrons. The van der Waals surface area contributed by atoms with Gasteiger partial charge in [-0.15, -0.1) is 0 Å². The lowest BCUT2D eigenvalue weighted by Gasteiger charge is -2.27. The molecule has 0 aromatic heterocycles. The predicted octanol–water partition coefficient (Wildman–Crippen LogP) is 3.66. The first-order valence-electron chi connectivity index (χ1n) is 9.47. The van der Waals surface area contributed by atoms with E-state index in [2.05, 4.69) is 5.32 Å². The molecule has 7 nitrogen and oxygen atoms in total. The normalized spacial score (nSPS) is 11.8. The van der Waals surface area contributed by atoms with E-state index < -0.39 is 17.9 Å². The third-order valence-electron chi connectivity index (χ3n) is 4.65. The van der Waals surface area contributed by atoms with Gasteiger partial charge in [-0.3, -0.25) is 9.59 Å². The summed E-state index contributed by atoms with van der Waals surface area (Å²) in [5.74, 6) is -1.37. The fraction of sp³-hybridized carbons (Fsp3) is 0.0833. The number of phenols is 3. The number of amides is 2. The number of carbonyl (C=O) groups is 2. The smallest absolute Gasteiger partial charge is 0.251 e. The zero-order chi connectivity index (χ0) is 22.4. The minimum absolute atomic E-state index is 0.0481. The summed E-state index contributed by atoms with van der Waals surface area (Å²) in [5.41, 5.74) is 1.62. The van der Waals surface area contributed by atoms with E-state index in [0.29, 0.717) is 16.8 Å². The number of anilines is 1. The molecule has 2 amide bonds. The van der Waals surface area contributed by atoms with E-state index in [0.717, 1.165) is 0 Å². The number of nitrogens with one attached hydrogen (secondary N) is 1. The fourth-order valence-electron chi connectivity index (χ4n) is 3.00. The number of rotatable bonds is 6. The van der Waals surface area contributed by atoms with Crippen LogP contribution in [0.3, 0.4) is 0 Å². The number of hydrogen-bond donors (Lipinski definition) is 4. The maximum atomic E-state index is 13.0. The third-order valence-corrected chi connectivity index (χ3v) is 4.65. The van der Waals surface area contributed by atoms with Crippen molar-refractivity contribution in [1.29, 1.82) is 0 Å². The van der Waals surface area contributed by atoms with Gasteiger partial charge in [-0.2, -0.15) is 0 Å². The average Bonchev–Trinajstić information content (AvgIpc) is 2.76. The fourth-order valence-corrected chi connectivity index (χ4v) is 3.00. The Bertz CT molecular complexity index is 1090. The molecule has 3 aromatic carbocycles. The summed E-state index contributed by atoms with van der Waals surface area (Å²) in [6, 6.07) is 18.2. The van der Waals surface area contributed by atoms with E-state index in [1.807, 2.05) is 6.07 Å². The molecule has 3 aromatic rings. The van der Waals surface area contributed by atoms with Crippen molar-refractivity contribution in [1.82, 2.24) is 4.90 Å². The first-order chi connectivity index (χ1) is 14.8. The lowest BCUT2D eigenvalue weighted by atomic mass is 10.0. The minimum Gasteiger partial charge on any atom is -0.508 e. The molecule has 0 spiro atoms. The Hall–Kier alpha value is -4.26. The van der Waals surface area contributed by atoms with Crippen LogP contribution in [0.1, 0.15) is 17.2 Å². The van der Waals surface area contributed by atoms with Crippen molar-refractivity contribution in [2.24, 2.45) is 0 Å². The SMILES string of the molecule is CN(C(=O)/C=C/c1ccc(O)c(O)c1)C(C(=O)Nc1ccccc1)c1ccc(O)cc1. The molecule has 4 N–H and O–H groups in total. The zero-order valence-corrected chi connectivity index (χ0v) is 16.8. The highest BCUT2D eigenvalue weighted by atomic mass is 16.3. The Labute approximate surface area is 179 Å². The summed E-state index contributed by atoms with van der Waals surface area (Å²) in [6.45, 7) is 0. The maximum absolute atomic E-state index is 13.0. The van der Waals surface area contributed by atoms with E-state index in [9.17, 15) is 24.9 Å². The predicted molar refractivity (Wildman–Crippen MR) is 117 cm³/mol. The minimum atomic E-state index is -0.953. The Morgan fingerprint density at radius 1 is 0.903 bits per heavy atom. The lowest BCUT2D eigenvalue weighted by Crippen LogP contribution is -2.37. The molecule has 0 bridgehead atoms. The number of phenolic OH excluding ortho intramolecular Hbond substituents is 3. The monoisotopic (exact) mass is 418 g/mol. The van der Waals surface area contributed by atoms with Gasteiger partial charge in [0.25, 0.3) is 5.91 Å². The standard InChI is InChI=1S/C24H22N2O5/c1-26(22(30)14-8-16-7-13-20(28)21(29)15-16)23(17-9-11-19(27)12-10-17)24(31)25-18-5-3-2-4-6-18/h2-15,23,27-29H,1H3,(H,25,31)/b14-8+. The molecule has 0 aliphatic heterocycles. The number of likely N-dealkylation sites (N-methyl/N-ethyl adjacent to an activating group) is 1. The number of benzene rings is 3. The summed E-state index contributed by atoms with van der Waals surface area (Å²) >= 11 is 0. The van der Waals surface area contributed by atoms with E-state index in [1.54, 1.807) is 42.5 Å². The maximum Gasteiger partial charge on any atom is 0.251 e. The van der Waals surface area contributed by atoms with E-state index in [4.69, 9.17) is 0 Å². The topological polar surface area (TPSA) is 110 Å². The van der Waals surface area contributed by atoms with Crippen molar-refractivity contribution in [3.8, 4) is 17.2 Å². The molecule has 0 saturated carbocycles. The second-order valence-corrected chi connectivity index (χ2v) is 6.88. The van der Waals surface area contributed by atoms with Crippen molar-refractivity contribution in [2.75, 3.05) is 12.4 Å². The van der Waals surface area contributed by atoms with Gasteiger partial charge in [-0.25, -0.2) is 0 Å². The highest BCUT2D eigenvalue weighted by molar-refractivity contribution is 6.00. The first-order valence-corrected chi connectivity index (χ1v) is 9.47. The van der Waals surface area contributed by atoms with Gasteiger partial charge in [0.1, 0.15) is 11.8 Å². The second kappa shape index (κ2) is 9.49. The Morgan fingerprint density at radius 2 is 1.58 bits per heavy atom. The van der Waals surface area contributed by atoms with Gasteiger partial charge < -0.3 is 25.5 Å². The average molecular weight is 418 g/mol. The molecular formula is C24H22N2O5. The Balaban J connectivity index is 1.85. The van der Waals surface area contributed by atoms with Crippen molar-refractivity contribution in [3.63, 3.8) is 0 Å². The molecular weight excluding hydrogens is 396 g/mol. The van der Waals surface area contributed by atoms with Crippen LogP contribution in [-0.4, -0.2) is 39.1 Å². The summed E-state index contributed by atoms with van der Waals surface area (Å²) in [7, 11) is 1.50. The van der Waals surface area contributed by atoms with Crippen LogP contribution in [0.5, 0.6) is 17.2 Å². The van der Waals surface area contributed by atoms with E-state index >= 15 is 0 Å². The van der Waals surface area contributed by atoms with Crippen LogP contribution < -0.4 is 5.32 Å². The van der Waals surface area contributed by atoms with Crippen molar-refractivity contribution < 1.29 is 24.9 Å². The Morgan fingerprint density at radius 3 is 2.23 bits per heavy atom. The second-order valence-electron chi connectivity index (χ2n) is 6.88.